The van der Waals surface area contributed by atoms with Crippen LogP contribution in [0.15, 0.2) is 0 Å². The first-order valence-corrected chi connectivity index (χ1v) is 2.94. The average molecular weight is 129 g/mol. The molecule has 0 atom stereocenters. The lowest BCUT2D eigenvalue weighted by atomic mass is 10.2. The zero-order valence-corrected chi connectivity index (χ0v) is 5.52. The molecule has 0 heterocycles. The minimum Gasteiger partial charge on any atom is -0.324 e. The van der Waals surface area contributed by atoms with Gasteiger partial charge in [0.25, 0.3) is 0 Å². The molecule has 0 aliphatic heterocycles. The summed E-state index contributed by atoms with van der Waals surface area (Å²) in [7, 11) is 0. The lowest BCUT2D eigenvalue weighted by Crippen LogP contribution is -2.16. The van der Waals surface area contributed by atoms with Gasteiger partial charge in [0.2, 0.25) is 0 Å². The van der Waals surface area contributed by atoms with Gasteiger partial charge in [-0.3, -0.25) is 9.59 Å². The quantitative estimate of drug-likeness (QED) is 0.538. The molecule has 3 nitrogen and oxygen atoms in total. The number of nitrogens with two attached hydrogens (primary N) is 1. The minimum atomic E-state index is -0.179. The molecule has 0 saturated heterocycles. The summed E-state index contributed by atoms with van der Waals surface area (Å²) in [5.41, 5.74) is 4.97. The third-order valence-corrected chi connectivity index (χ3v) is 1.02. The van der Waals surface area contributed by atoms with E-state index < -0.39 is 0 Å². The van der Waals surface area contributed by atoms with Crippen molar-refractivity contribution in [1.29, 1.82) is 0 Å². The van der Waals surface area contributed by atoms with Crippen LogP contribution in [0, 0.1) is 0 Å². The van der Waals surface area contributed by atoms with Crippen molar-refractivity contribution < 1.29 is 9.59 Å². The topological polar surface area (TPSA) is 60.2 Å². The number of ketones is 2. The zero-order valence-electron chi connectivity index (χ0n) is 5.52. The molecule has 3 heteroatoms. The molecule has 2 N–H and O–H groups in total. The van der Waals surface area contributed by atoms with Crippen molar-refractivity contribution in [3.63, 3.8) is 0 Å². The van der Waals surface area contributed by atoms with Crippen LogP contribution >= 0.6 is 0 Å². The van der Waals surface area contributed by atoms with E-state index in [0.29, 0.717) is 6.42 Å². The van der Waals surface area contributed by atoms with Crippen molar-refractivity contribution in [2.24, 2.45) is 5.73 Å². The summed E-state index contributed by atoms with van der Waals surface area (Å²) in [6.07, 6.45) is 0.429. The highest BCUT2D eigenvalue weighted by Crippen LogP contribution is 1.87. The molecule has 9 heavy (non-hydrogen) atoms. The smallest absolute Gasteiger partial charge is 0.153 e. The van der Waals surface area contributed by atoms with E-state index in [4.69, 9.17) is 5.73 Å². The third kappa shape index (κ3) is 3.85. The molecular weight excluding hydrogens is 118 g/mol. The Morgan fingerprint density at radius 2 is 1.89 bits per heavy atom. The number of Topliss-reactive ketones (excluding diaryl/α,β-unsaturated/α-hetero) is 2. The third-order valence-electron chi connectivity index (χ3n) is 1.02. The summed E-state index contributed by atoms with van der Waals surface area (Å²) in [5.74, 6) is -0.215. The van der Waals surface area contributed by atoms with E-state index in [1.54, 1.807) is 6.92 Å². The SMILES string of the molecule is CCC(=O)CC(=O)CN. The number of hydrogen-bond acceptors (Lipinski definition) is 3. The molecule has 0 saturated carbocycles. The second kappa shape index (κ2) is 4.21. The second-order valence-corrected chi connectivity index (χ2v) is 1.81. The fourth-order valence-electron chi connectivity index (χ4n) is 0.417. The molecule has 0 aromatic rings. The zero-order chi connectivity index (χ0) is 7.28. The van der Waals surface area contributed by atoms with Crippen molar-refractivity contribution in [2.75, 3.05) is 6.54 Å². The van der Waals surface area contributed by atoms with Gasteiger partial charge in [-0.25, -0.2) is 0 Å². The van der Waals surface area contributed by atoms with Crippen molar-refractivity contribution in [3.8, 4) is 0 Å². The highest BCUT2D eigenvalue weighted by Gasteiger charge is 2.03. The Kier molecular flexibility index (Phi) is 3.88. The maximum absolute atomic E-state index is 10.5. The molecule has 52 valence electrons. The minimum absolute atomic E-state index is 0.00694. The van der Waals surface area contributed by atoms with E-state index in [9.17, 15) is 9.59 Å². The molecule has 0 unspecified atom stereocenters. The van der Waals surface area contributed by atoms with Crippen LogP contribution in [0.1, 0.15) is 19.8 Å². The van der Waals surface area contributed by atoms with Gasteiger partial charge in [-0.15, -0.1) is 0 Å². The summed E-state index contributed by atoms with van der Waals surface area (Å²) in [6.45, 7) is 1.71. The number of carbonyl (C=O) groups excluding carboxylic acids is 2. The fourth-order valence-corrected chi connectivity index (χ4v) is 0.417. The van der Waals surface area contributed by atoms with Gasteiger partial charge in [-0.2, -0.15) is 0 Å². The molecule has 0 radical (unpaired) electrons. The van der Waals surface area contributed by atoms with Gasteiger partial charge in [0.05, 0.1) is 13.0 Å². The Balaban J connectivity index is 3.47. The van der Waals surface area contributed by atoms with Gasteiger partial charge in [0.1, 0.15) is 5.78 Å². The van der Waals surface area contributed by atoms with E-state index >= 15 is 0 Å². The van der Waals surface area contributed by atoms with Crippen molar-refractivity contribution in [1.82, 2.24) is 0 Å². The highest BCUT2D eigenvalue weighted by molar-refractivity contribution is 5.99. The van der Waals surface area contributed by atoms with Crippen LogP contribution in [0.3, 0.4) is 0 Å². The average Bonchev–Trinajstić information content (AvgIpc) is 1.87. The lowest BCUT2D eigenvalue weighted by molar-refractivity contribution is -0.126. The summed E-state index contributed by atoms with van der Waals surface area (Å²) < 4.78 is 0. The molecule has 0 rings (SSSR count). The van der Waals surface area contributed by atoms with E-state index in [1.807, 2.05) is 0 Å². The van der Waals surface area contributed by atoms with E-state index in [-0.39, 0.29) is 24.5 Å². The molecule has 0 aliphatic carbocycles. The molecule has 0 aromatic carbocycles. The molecule has 0 aliphatic rings. The van der Waals surface area contributed by atoms with Crippen LogP contribution in [0.4, 0.5) is 0 Å². The first-order valence-electron chi connectivity index (χ1n) is 2.94. The Hall–Kier alpha value is -0.700. The maximum Gasteiger partial charge on any atom is 0.153 e. The number of hydrogen-bond donors (Lipinski definition) is 1. The molecule has 0 bridgehead atoms. The monoisotopic (exact) mass is 129 g/mol. The Morgan fingerprint density at radius 3 is 2.22 bits per heavy atom. The molecule has 0 spiro atoms. The summed E-state index contributed by atoms with van der Waals surface area (Å²) in [6, 6.07) is 0. The standard InChI is InChI=1S/C6H11NO2/c1-2-5(8)3-6(9)4-7/h2-4,7H2,1H3. The van der Waals surface area contributed by atoms with Crippen molar-refractivity contribution in [2.45, 2.75) is 19.8 Å². The maximum atomic E-state index is 10.5. The van der Waals surface area contributed by atoms with Gasteiger partial charge in [0, 0.05) is 6.42 Å². The van der Waals surface area contributed by atoms with Gasteiger partial charge >= 0.3 is 0 Å². The predicted molar refractivity (Wildman–Crippen MR) is 34.0 cm³/mol. The largest absolute Gasteiger partial charge is 0.324 e. The van der Waals surface area contributed by atoms with Crippen LogP contribution in [0.25, 0.3) is 0 Å². The van der Waals surface area contributed by atoms with Crippen LogP contribution in [-0.4, -0.2) is 18.1 Å². The predicted octanol–water partition coefficient (Wildman–Crippen LogP) is -0.117. The van der Waals surface area contributed by atoms with Gasteiger partial charge in [0.15, 0.2) is 5.78 Å². The van der Waals surface area contributed by atoms with Gasteiger partial charge in [-0.05, 0) is 0 Å². The second-order valence-electron chi connectivity index (χ2n) is 1.81. The van der Waals surface area contributed by atoms with Crippen LogP contribution in [-0.2, 0) is 9.59 Å². The summed E-state index contributed by atoms with van der Waals surface area (Å²) >= 11 is 0. The fraction of sp³-hybridized carbons (Fsp3) is 0.667. The molecular formula is C6H11NO2. The first-order chi connectivity index (χ1) is 4.20. The van der Waals surface area contributed by atoms with Crippen LogP contribution in [0.2, 0.25) is 0 Å². The van der Waals surface area contributed by atoms with Crippen LogP contribution in [0.5, 0.6) is 0 Å². The Morgan fingerprint density at radius 1 is 1.33 bits per heavy atom. The number of rotatable bonds is 4. The van der Waals surface area contributed by atoms with Gasteiger partial charge < -0.3 is 5.73 Å². The van der Waals surface area contributed by atoms with Gasteiger partial charge in [-0.1, -0.05) is 6.92 Å². The van der Waals surface area contributed by atoms with E-state index in [2.05, 4.69) is 0 Å². The van der Waals surface area contributed by atoms with Crippen molar-refractivity contribution in [3.05, 3.63) is 0 Å². The van der Waals surface area contributed by atoms with Crippen LogP contribution < -0.4 is 5.73 Å². The van der Waals surface area contributed by atoms with E-state index in [0.717, 1.165) is 0 Å². The Bertz CT molecular complexity index is 106. The first kappa shape index (κ1) is 8.30. The summed E-state index contributed by atoms with van der Waals surface area (Å²) in [5, 5.41) is 0. The summed E-state index contributed by atoms with van der Waals surface area (Å²) in [4.78, 5) is 20.9. The molecule has 0 amide bonds. The molecule has 0 aromatic heterocycles. The number of carbonyl (C=O) groups is 2. The highest BCUT2D eigenvalue weighted by atomic mass is 16.1. The lowest BCUT2D eigenvalue weighted by Gasteiger charge is -1.91. The van der Waals surface area contributed by atoms with E-state index in [1.165, 1.54) is 0 Å². The normalized spacial score (nSPS) is 9.11. The molecule has 0 fully saturated rings. The van der Waals surface area contributed by atoms with Crippen molar-refractivity contribution >= 4 is 11.6 Å². The Labute approximate surface area is 54.2 Å².